The van der Waals surface area contributed by atoms with Gasteiger partial charge in [0.05, 0.1) is 0 Å². The highest BCUT2D eigenvalue weighted by atomic mass is 16.5. The second-order valence-corrected chi connectivity index (χ2v) is 3.16. The second kappa shape index (κ2) is 3.82. The molecule has 2 rings (SSSR count). The Balaban J connectivity index is 2.65. The normalized spacial score (nSPS) is 10.4. The molecule has 2 nitrogen and oxygen atoms in total. The molecule has 3 heteroatoms. The molecule has 0 aliphatic heterocycles. The van der Waals surface area contributed by atoms with Crippen molar-refractivity contribution < 1.29 is 9.68 Å². The van der Waals surface area contributed by atoms with Crippen LogP contribution in [0.4, 0.5) is 0 Å². The van der Waals surface area contributed by atoms with Gasteiger partial charge in [-0.3, -0.25) is 0 Å². The van der Waals surface area contributed by atoms with Gasteiger partial charge >= 0.3 is 7.12 Å². The van der Waals surface area contributed by atoms with Gasteiger partial charge in [0, 0.05) is 7.11 Å². The molecule has 0 bridgehead atoms. The van der Waals surface area contributed by atoms with Gasteiger partial charge in [0.1, 0.15) is 0 Å². The molecule has 14 heavy (non-hydrogen) atoms. The molecule has 0 aliphatic rings. The summed E-state index contributed by atoms with van der Waals surface area (Å²) in [6, 6.07) is 13.7. The van der Waals surface area contributed by atoms with E-state index >= 15 is 0 Å². The Kier molecular flexibility index (Phi) is 2.52. The molecule has 0 heterocycles. The predicted octanol–water partition coefficient (Wildman–Crippen LogP) is 1.17. The zero-order chi connectivity index (χ0) is 9.97. The Labute approximate surface area is 83.3 Å². The van der Waals surface area contributed by atoms with E-state index in [4.69, 9.17) is 4.65 Å². The van der Waals surface area contributed by atoms with Gasteiger partial charge in [0.2, 0.25) is 0 Å². The molecule has 0 radical (unpaired) electrons. The third-order valence-corrected chi connectivity index (χ3v) is 2.31. The van der Waals surface area contributed by atoms with Crippen molar-refractivity contribution in [3.63, 3.8) is 0 Å². The number of rotatable bonds is 2. The number of benzene rings is 2. The van der Waals surface area contributed by atoms with Crippen LogP contribution in [0.15, 0.2) is 42.5 Å². The topological polar surface area (TPSA) is 29.5 Å². The lowest BCUT2D eigenvalue weighted by Gasteiger charge is -2.07. The lowest BCUT2D eigenvalue weighted by Crippen LogP contribution is -2.32. The van der Waals surface area contributed by atoms with Gasteiger partial charge in [0.15, 0.2) is 0 Å². The van der Waals surface area contributed by atoms with Gasteiger partial charge < -0.3 is 9.68 Å². The average molecular weight is 186 g/mol. The summed E-state index contributed by atoms with van der Waals surface area (Å²) >= 11 is 0. The minimum atomic E-state index is -0.846. The van der Waals surface area contributed by atoms with Crippen molar-refractivity contribution in [2.45, 2.75) is 0 Å². The quantitative estimate of drug-likeness (QED) is 0.713. The summed E-state index contributed by atoms with van der Waals surface area (Å²) in [5.41, 5.74) is 0.811. The Morgan fingerprint density at radius 2 is 1.79 bits per heavy atom. The standard InChI is InChI=1S/C11H11BO2/c1-14-12(13)11-8-4-6-9-5-2-3-7-10(9)11/h2-8,13H,1H3. The zero-order valence-electron chi connectivity index (χ0n) is 7.97. The van der Waals surface area contributed by atoms with Crippen molar-refractivity contribution in [2.75, 3.05) is 7.11 Å². The summed E-state index contributed by atoms with van der Waals surface area (Å²) in [6.07, 6.45) is 0. The molecule has 2 aromatic rings. The summed E-state index contributed by atoms with van der Waals surface area (Å²) in [5.74, 6) is 0. The predicted molar refractivity (Wildman–Crippen MR) is 58.6 cm³/mol. The zero-order valence-corrected chi connectivity index (χ0v) is 7.97. The van der Waals surface area contributed by atoms with Gasteiger partial charge in [0.25, 0.3) is 0 Å². The van der Waals surface area contributed by atoms with Crippen molar-refractivity contribution in [1.29, 1.82) is 0 Å². The molecule has 70 valence electrons. The Morgan fingerprint density at radius 1 is 1.07 bits per heavy atom. The Morgan fingerprint density at radius 3 is 2.57 bits per heavy atom. The third kappa shape index (κ3) is 1.52. The lowest BCUT2D eigenvalue weighted by atomic mass is 9.77. The van der Waals surface area contributed by atoms with Crippen LogP contribution in [-0.2, 0) is 4.65 Å². The van der Waals surface area contributed by atoms with E-state index in [1.165, 1.54) is 7.11 Å². The third-order valence-electron chi connectivity index (χ3n) is 2.31. The van der Waals surface area contributed by atoms with E-state index in [-0.39, 0.29) is 0 Å². The molecule has 0 saturated carbocycles. The van der Waals surface area contributed by atoms with Gasteiger partial charge in [-0.1, -0.05) is 42.5 Å². The van der Waals surface area contributed by atoms with E-state index in [2.05, 4.69) is 0 Å². The molecule has 0 fully saturated rings. The summed E-state index contributed by atoms with van der Waals surface area (Å²) < 4.78 is 4.90. The molecule has 0 atom stereocenters. The monoisotopic (exact) mass is 186 g/mol. The van der Waals surface area contributed by atoms with E-state index in [9.17, 15) is 5.02 Å². The molecule has 0 saturated heterocycles. The largest absolute Gasteiger partial charge is 0.491 e. The first-order chi connectivity index (χ1) is 6.83. The van der Waals surface area contributed by atoms with Crippen LogP contribution in [0.5, 0.6) is 0 Å². The van der Waals surface area contributed by atoms with Crippen LogP contribution in [0.1, 0.15) is 0 Å². The molecule has 1 N–H and O–H groups in total. The van der Waals surface area contributed by atoms with Gasteiger partial charge in [-0.05, 0) is 16.2 Å². The Bertz CT molecular complexity index is 437. The fourth-order valence-corrected chi connectivity index (χ4v) is 1.59. The minimum absolute atomic E-state index is 0.811. The van der Waals surface area contributed by atoms with Crippen LogP contribution in [0.3, 0.4) is 0 Å². The molecule has 0 aromatic heterocycles. The molecule has 0 amide bonds. The van der Waals surface area contributed by atoms with Crippen LogP contribution >= 0.6 is 0 Å². The van der Waals surface area contributed by atoms with Crippen LogP contribution in [-0.4, -0.2) is 19.3 Å². The summed E-state index contributed by atoms with van der Waals surface area (Å²) in [6.45, 7) is 0. The van der Waals surface area contributed by atoms with Crippen LogP contribution < -0.4 is 5.46 Å². The summed E-state index contributed by atoms with van der Waals surface area (Å²) in [4.78, 5) is 0. The first-order valence-corrected chi connectivity index (χ1v) is 4.51. The number of hydrogen-bond acceptors (Lipinski definition) is 2. The lowest BCUT2D eigenvalue weighted by molar-refractivity contribution is 0.342. The highest BCUT2D eigenvalue weighted by molar-refractivity contribution is 6.63. The maximum Gasteiger partial charge on any atom is 0.491 e. The van der Waals surface area contributed by atoms with Crippen molar-refractivity contribution in [2.24, 2.45) is 0 Å². The number of fused-ring (bicyclic) bond motifs is 1. The molecular formula is C11H11BO2. The first kappa shape index (κ1) is 9.25. The molecule has 2 aromatic carbocycles. The van der Waals surface area contributed by atoms with Crippen LogP contribution in [0.2, 0.25) is 0 Å². The van der Waals surface area contributed by atoms with Gasteiger partial charge in [-0.15, -0.1) is 0 Å². The van der Waals surface area contributed by atoms with Crippen molar-refractivity contribution in [3.8, 4) is 0 Å². The number of hydrogen-bond donors (Lipinski definition) is 1. The molecule has 0 spiro atoms. The fraction of sp³-hybridized carbons (Fsp3) is 0.0909. The minimum Gasteiger partial charge on any atom is -0.423 e. The van der Waals surface area contributed by atoms with Gasteiger partial charge in [-0.25, -0.2) is 0 Å². The van der Waals surface area contributed by atoms with Gasteiger partial charge in [-0.2, -0.15) is 0 Å². The molecular weight excluding hydrogens is 175 g/mol. The highest BCUT2D eigenvalue weighted by Gasteiger charge is 2.16. The van der Waals surface area contributed by atoms with E-state index in [0.29, 0.717) is 0 Å². The van der Waals surface area contributed by atoms with Crippen molar-refractivity contribution >= 4 is 23.4 Å². The SMILES string of the molecule is COB(O)c1cccc2ccccc12. The summed E-state index contributed by atoms with van der Waals surface area (Å²) in [7, 11) is 0.646. The van der Waals surface area contributed by atoms with E-state index < -0.39 is 7.12 Å². The first-order valence-electron chi connectivity index (χ1n) is 4.51. The fourth-order valence-electron chi connectivity index (χ4n) is 1.59. The van der Waals surface area contributed by atoms with E-state index in [1.54, 1.807) is 0 Å². The highest BCUT2D eigenvalue weighted by Crippen LogP contribution is 2.11. The average Bonchev–Trinajstić information content (AvgIpc) is 2.27. The summed E-state index contributed by atoms with van der Waals surface area (Å²) in [5, 5.41) is 11.7. The van der Waals surface area contributed by atoms with E-state index in [0.717, 1.165) is 16.2 Å². The molecule has 0 unspecified atom stereocenters. The molecule has 0 aliphatic carbocycles. The van der Waals surface area contributed by atoms with Crippen LogP contribution in [0.25, 0.3) is 10.8 Å². The Hall–Kier alpha value is -1.32. The smallest absolute Gasteiger partial charge is 0.423 e. The van der Waals surface area contributed by atoms with Crippen LogP contribution in [0, 0.1) is 0 Å². The van der Waals surface area contributed by atoms with E-state index in [1.807, 2.05) is 42.5 Å². The maximum absolute atomic E-state index is 9.61. The van der Waals surface area contributed by atoms with Crippen molar-refractivity contribution in [3.05, 3.63) is 42.5 Å². The maximum atomic E-state index is 9.61. The van der Waals surface area contributed by atoms with Crippen molar-refractivity contribution in [1.82, 2.24) is 0 Å². The second-order valence-electron chi connectivity index (χ2n) is 3.16.